The maximum Gasteiger partial charge on any atom is 0.328 e. The molecule has 0 amide bonds. The molecule has 0 heterocycles. The molecular weight excluding hydrogens is 280 g/mol. The van der Waals surface area contributed by atoms with Crippen LogP contribution in [0.5, 0.6) is 11.5 Å². The normalized spacial score (nSPS) is 10.6. The second kappa shape index (κ2) is 7.31. The lowest BCUT2D eigenvalue weighted by Crippen LogP contribution is -1.99. The van der Waals surface area contributed by atoms with Gasteiger partial charge in [-0.1, -0.05) is 24.3 Å². The van der Waals surface area contributed by atoms with Crippen LogP contribution in [0.15, 0.2) is 48.5 Å². The fourth-order valence-electron chi connectivity index (χ4n) is 1.99. The second-order valence-electron chi connectivity index (χ2n) is 4.79. The number of ether oxygens (including phenoxy) is 2. The molecular formula is C18H18O4. The summed E-state index contributed by atoms with van der Waals surface area (Å²) >= 11 is 0. The van der Waals surface area contributed by atoms with Gasteiger partial charge in [-0.05, 0) is 36.3 Å². The zero-order valence-corrected chi connectivity index (χ0v) is 12.6. The number of carboxylic acids is 1. The number of aliphatic carboxylic acids is 1. The summed E-state index contributed by atoms with van der Waals surface area (Å²) in [4.78, 5) is 10.7. The van der Waals surface area contributed by atoms with Crippen LogP contribution in [-0.4, -0.2) is 18.2 Å². The standard InChI is InChI=1S/C18H18O4/c1-13-5-3-4-6-15(13)12-22-17-11-16(21-2)9-7-14(17)8-10-18(19)20/h3-11H,12H2,1-2H3,(H,19,20). The van der Waals surface area contributed by atoms with E-state index < -0.39 is 5.97 Å². The fourth-order valence-corrected chi connectivity index (χ4v) is 1.99. The molecule has 2 rings (SSSR count). The van der Waals surface area contributed by atoms with Crippen molar-refractivity contribution in [2.45, 2.75) is 13.5 Å². The summed E-state index contributed by atoms with van der Waals surface area (Å²) in [5.41, 5.74) is 2.92. The van der Waals surface area contributed by atoms with Crippen molar-refractivity contribution in [3.8, 4) is 11.5 Å². The molecule has 0 atom stereocenters. The summed E-state index contributed by atoms with van der Waals surface area (Å²) in [6.07, 6.45) is 2.59. The van der Waals surface area contributed by atoms with E-state index >= 15 is 0 Å². The molecule has 0 fully saturated rings. The number of aryl methyl sites for hydroxylation is 1. The van der Waals surface area contributed by atoms with Crippen molar-refractivity contribution < 1.29 is 19.4 Å². The molecule has 0 bridgehead atoms. The van der Waals surface area contributed by atoms with Crippen molar-refractivity contribution >= 4 is 12.0 Å². The van der Waals surface area contributed by atoms with Gasteiger partial charge in [0.1, 0.15) is 18.1 Å². The van der Waals surface area contributed by atoms with E-state index in [2.05, 4.69) is 0 Å². The van der Waals surface area contributed by atoms with Crippen molar-refractivity contribution in [1.82, 2.24) is 0 Å². The van der Waals surface area contributed by atoms with Crippen molar-refractivity contribution in [2.75, 3.05) is 7.11 Å². The van der Waals surface area contributed by atoms with Gasteiger partial charge in [-0.2, -0.15) is 0 Å². The minimum Gasteiger partial charge on any atom is -0.497 e. The van der Waals surface area contributed by atoms with Crippen molar-refractivity contribution in [3.05, 3.63) is 65.2 Å². The highest BCUT2D eigenvalue weighted by Crippen LogP contribution is 2.27. The number of methoxy groups -OCH3 is 1. The van der Waals surface area contributed by atoms with Crippen molar-refractivity contribution in [3.63, 3.8) is 0 Å². The molecule has 0 spiro atoms. The molecule has 2 aromatic carbocycles. The number of hydrogen-bond acceptors (Lipinski definition) is 3. The fraction of sp³-hybridized carbons (Fsp3) is 0.167. The molecule has 0 aromatic heterocycles. The molecule has 22 heavy (non-hydrogen) atoms. The number of rotatable bonds is 6. The summed E-state index contributed by atoms with van der Waals surface area (Å²) in [6.45, 7) is 2.43. The van der Waals surface area contributed by atoms with Gasteiger partial charge in [-0.25, -0.2) is 4.79 Å². The van der Waals surface area contributed by atoms with E-state index in [1.807, 2.05) is 31.2 Å². The lowest BCUT2D eigenvalue weighted by molar-refractivity contribution is -0.131. The first kappa shape index (κ1) is 15.6. The molecule has 0 aliphatic rings. The molecule has 4 nitrogen and oxygen atoms in total. The van der Waals surface area contributed by atoms with Crippen molar-refractivity contribution in [2.24, 2.45) is 0 Å². The molecule has 2 aromatic rings. The van der Waals surface area contributed by atoms with Gasteiger partial charge in [0.15, 0.2) is 0 Å². The quantitative estimate of drug-likeness (QED) is 0.827. The van der Waals surface area contributed by atoms with Crippen LogP contribution in [0.3, 0.4) is 0 Å². The maximum absolute atomic E-state index is 10.7. The van der Waals surface area contributed by atoms with Crippen LogP contribution in [0, 0.1) is 6.92 Å². The Morgan fingerprint density at radius 2 is 2.00 bits per heavy atom. The molecule has 0 aliphatic heterocycles. The van der Waals surface area contributed by atoms with Gasteiger partial charge >= 0.3 is 5.97 Å². The van der Waals surface area contributed by atoms with E-state index in [-0.39, 0.29) is 0 Å². The second-order valence-corrected chi connectivity index (χ2v) is 4.79. The van der Waals surface area contributed by atoms with Crippen LogP contribution in [0.2, 0.25) is 0 Å². The van der Waals surface area contributed by atoms with E-state index in [1.54, 1.807) is 25.3 Å². The molecule has 0 saturated carbocycles. The Morgan fingerprint density at radius 1 is 1.23 bits per heavy atom. The van der Waals surface area contributed by atoms with E-state index in [1.165, 1.54) is 6.08 Å². The first-order valence-electron chi connectivity index (χ1n) is 6.86. The highest BCUT2D eigenvalue weighted by Gasteiger charge is 2.06. The SMILES string of the molecule is COc1ccc(C=CC(=O)O)c(OCc2ccccc2C)c1. The Hall–Kier alpha value is -2.75. The van der Waals surface area contributed by atoms with E-state index in [0.717, 1.165) is 17.2 Å². The third kappa shape index (κ3) is 4.12. The first-order chi connectivity index (χ1) is 10.6. The van der Waals surface area contributed by atoms with Gasteiger partial charge < -0.3 is 14.6 Å². The van der Waals surface area contributed by atoms with Gasteiger partial charge in [-0.3, -0.25) is 0 Å². The van der Waals surface area contributed by atoms with Gasteiger partial charge in [0.25, 0.3) is 0 Å². The summed E-state index contributed by atoms with van der Waals surface area (Å²) in [5.74, 6) is 0.244. The van der Waals surface area contributed by atoms with Gasteiger partial charge in [-0.15, -0.1) is 0 Å². The molecule has 114 valence electrons. The van der Waals surface area contributed by atoms with Crippen LogP contribution < -0.4 is 9.47 Å². The number of benzene rings is 2. The average Bonchev–Trinajstić information content (AvgIpc) is 2.52. The maximum atomic E-state index is 10.7. The van der Waals surface area contributed by atoms with Crippen LogP contribution in [0.4, 0.5) is 0 Å². The Labute approximate surface area is 129 Å². The third-order valence-corrected chi connectivity index (χ3v) is 3.27. The Bertz CT molecular complexity index is 689. The number of carboxylic acid groups (broad SMARTS) is 1. The summed E-state index contributed by atoms with van der Waals surface area (Å²) in [5, 5.41) is 8.76. The molecule has 0 radical (unpaired) electrons. The van der Waals surface area contributed by atoms with Gasteiger partial charge in [0.05, 0.1) is 7.11 Å². The minimum absolute atomic E-state index is 0.410. The molecule has 4 heteroatoms. The molecule has 0 unspecified atom stereocenters. The van der Waals surface area contributed by atoms with E-state index in [4.69, 9.17) is 14.6 Å². The monoisotopic (exact) mass is 298 g/mol. The first-order valence-corrected chi connectivity index (χ1v) is 6.86. The van der Waals surface area contributed by atoms with Gasteiger partial charge in [0, 0.05) is 17.7 Å². The highest BCUT2D eigenvalue weighted by atomic mass is 16.5. The molecule has 0 saturated heterocycles. The highest BCUT2D eigenvalue weighted by molar-refractivity contribution is 5.86. The predicted molar refractivity (Wildman–Crippen MR) is 85.2 cm³/mol. The summed E-state index contributed by atoms with van der Waals surface area (Å²) < 4.78 is 11.0. The largest absolute Gasteiger partial charge is 0.497 e. The predicted octanol–water partition coefficient (Wildman–Crippen LogP) is 3.68. The summed E-state index contributed by atoms with van der Waals surface area (Å²) in [6, 6.07) is 13.2. The Balaban J connectivity index is 2.23. The lowest BCUT2D eigenvalue weighted by atomic mass is 10.1. The average molecular weight is 298 g/mol. The zero-order chi connectivity index (χ0) is 15.9. The zero-order valence-electron chi connectivity index (χ0n) is 12.6. The van der Waals surface area contributed by atoms with E-state index in [0.29, 0.717) is 23.7 Å². The van der Waals surface area contributed by atoms with Crippen molar-refractivity contribution in [1.29, 1.82) is 0 Å². The van der Waals surface area contributed by atoms with Crippen LogP contribution in [0.25, 0.3) is 6.08 Å². The minimum atomic E-state index is -0.999. The smallest absolute Gasteiger partial charge is 0.328 e. The van der Waals surface area contributed by atoms with Crippen LogP contribution >= 0.6 is 0 Å². The van der Waals surface area contributed by atoms with Crippen LogP contribution in [-0.2, 0) is 11.4 Å². The van der Waals surface area contributed by atoms with Crippen LogP contribution in [0.1, 0.15) is 16.7 Å². The Kier molecular flexibility index (Phi) is 5.20. The van der Waals surface area contributed by atoms with E-state index in [9.17, 15) is 4.79 Å². The summed E-state index contributed by atoms with van der Waals surface area (Å²) in [7, 11) is 1.58. The Morgan fingerprint density at radius 3 is 2.68 bits per heavy atom. The topological polar surface area (TPSA) is 55.8 Å². The number of hydrogen-bond donors (Lipinski definition) is 1. The molecule has 1 N–H and O–H groups in total. The third-order valence-electron chi connectivity index (χ3n) is 3.27. The number of carbonyl (C=O) groups is 1. The van der Waals surface area contributed by atoms with Gasteiger partial charge in [0.2, 0.25) is 0 Å². The molecule has 0 aliphatic carbocycles. The lowest BCUT2D eigenvalue weighted by Gasteiger charge is -2.12.